The summed E-state index contributed by atoms with van der Waals surface area (Å²) in [6, 6.07) is 5.60. The van der Waals surface area contributed by atoms with E-state index in [0.717, 1.165) is 25.7 Å². The maximum atomic E-state index is 11.0. The van der Waals surface area contributed by atoms with Gasteiger partial charge in [-0.2, -0.15) is 0 Å². The number of hydrogen-bond acceptors (Lipinski definition) is 2. The summed E-state index contributed by atoms with van der Waals surface area (Å²) in [4.78, 5) is 11.0. The summed E-state index contributed by atoms with van der Waals surface area (Å²) in [6.07, 6.45) is 5.49. The van der Waals surface area contributed by atoms with Crippen LogP contribution in [0.4, 0.5) is 0 Å². The predicted octanol–water partition coefficient (Wildman–Crippen LogP) is 2.85. The molecule has 0 amide bonds. The number of aliphatic carboxylic acids is 1. The number of aromatic hydroxyl groups is 1. The zero-order valence-corrected chi connectivity index (χ0v) is 10.4. The van der Waals surface area contributed by atoms with Crippen LogP contribution in [-0.4, -0.2) is 16.2 Å². The van der Waals surface area contributed by atoms with Crippen molar-refractivity contribution < 1.29 is 15.0 Å². The zero-order valence-electron chi connectivity index (χ0n) is 10.4. The highest BCUT2D eigenvalue weighted by Crippen LogP contribution is 2.55. The van der Waals surface area contributed by atoms with Crippen LogP contribution in [0.1, 0.15) is 43.2 Å². The first-order valence-electron chi connectivity index (χ1n) is 6.66. The second kappa shape index (κ2) is 4.01. The number of phenols is 1. The number of rotatable bonds is 2. The Balaban J connectivity index is 2.00. The average Bonchev–Trinajstić information content (AvgIpc) is 2.26. The highest BCUT2D eigenvalue weighted by molar-refractivity contribution is 5.67. The quantitative estimate of drug-likeness (QED) is 0.843. The molecule has 18 heavy (non-hydrogen) atoms. The minimum Gasteiger partial charge on any atom is -0.508 e. The third kappa shape index (κ3) is 1.61. The molecule has 0 aliphatic heterocycles. The molecule has 3 heteroatoms. The van der Waals surface area contributed by atoms with E-state index in [9.17, 15) is 9.90 Å². The Labute approximate surface area is 106 Å². The molecule has 1 unspecified atom stereocenters. The predicted molar refractivity (Wildman–Crippen MR) is 67.7 cm³/mol. The largest absolute Gasteiger partial charge is 0.508 e. The molecule has 0 bridgehead atoms. The van der Waals surface area contributed by atoms with Gasteiger partial charge >= 0.3 is 5.97 Å². The van der Waals surface area contributed by atoms with E-state index in [1.54, 1.807) is 6.07 Å². The van der Waals surface area contributed by atoms with Crippen molar-refractivity contribution in [2.75, 3.05) is 0 Å². The number of benzene rings is 1. The molecule has 1 aromatic carbocycles. The van der Waals surface area contributed by atoms with E-state index in [4.69, 9.17) is 5.11 Å². The van der Waals surface area contributed by atoms with Crippen LogP contribution in [0.5, 0.6) is 5.75 Å². The maximum absolute atomic E-state index is 11.0. The molecule has 0 heterocycles. The summed E-state index contributed by atoms with van der Waals surface area (Å²) >= 11 is 0. The van der Waals surface area contributed by atoms with Crippen molar-refractivity contribution in [3.8, 4) is 5.75 Å². The Morgan fingerprint density at radius 3 is 2.78 bits per heavy atom. The molecule has 0 saturated heterocycles. The number of carboxylic acid groups (broad SMARTS) is 1. The van der Waals surface area contributed by atoms with Gasteiger partial charge in [0.25, 0.3) is 0 Å². The number of carbonyl (C=O) groups is 1. The average molecular weight is 246 g/mol. The van der Waals surface area contributed by atoms with Crippen molar-refractivity contribution in [3.63, 3.8) is 0 Å². The lowest BCUT2D eigenvalue weighted by Gasteiger charge is -2.51. The summed E-state index contributed by atoms with van der Waals surface area (Å²) in [5, 5.41) is 18.6. The van der Waals surface area contributed by atoms with Gasteiger partial charge in [0.1, 0.15) is 5.75 Å². The fourth-order valence-electron chi connectivity index (χ4n) is 3.84. The van der Waals surface area contributed by atoms with E-state index in [2.05, 4.69) is 0 Å². The summed E-state index contributed by atoms with van der Waals surface area (Å²) in [5.41, 5.74) is 2.60. The molecule has 96 valence electrons. The van der Waals surface area contributed by atoms with Gasteiger partial charge in [-0.05, 0) is 60.3 Å². The number of fused-ring (bicyclic) bond motifs is 2. The van der Waals surface area contributed by atoms with Crippen LogP contribution in [0.25, 0.3) is 0 Å². The summed E-state index contributed by atoms with van der Waals surface area (Å²) in [6.45, 7) is 0. The van der Waals surface area contributed by atoms with Crippen molar-refractivity contribution in [1.29, 1.82) is 0 Å². The molecular formula is C15H18O3. The first-order valence-corrected chi connectivity index (χ1v) is 6.66. The number of phenolic OH excluding ortho intramolecular Hbond substituents is 1. The summed E-state index contributed by atoms with van der Waals surface area (Å²) < 4.78 is 0. The Hall–Kier alpha value is -1.51. The highest BCUT2D eigenvalue weighted by Gasteiger charge is 2.48. The SMILES string of the molecule is O=C(O)CC1CCc2cc(O)ccc2C12CCC2. The highest BCUT2D eigenvalue weighted by atomic mass is 16.4. The number of aryl methyl sites for hydroxylation is 1. The van der Waals surface area contributed by atoms with Crippen LogP contribution in [0.15, 0.2) is 18.2 Å². The maximum Gasteiger partial charge on any atom is 0.303 e. The third-order valence-corrected chi connectivity index (χ3v) is 4.84. The molecule has 3 rings (SSSR count). The van der Waals surface area contributed by atoms with Crippen molar-refractivity contribution in [1.82, 2.24) is 0 Å². The fourth-order valence-corrected chi connectivity index (χ4v) is 3.84. The topological polar surface area (TPSA) is 57.5 Å². The van der Waals surface area contributed by atoms with Gasteiger partial charge < -0.3 is 10.2 Å². The minimum atomic E-state index is -0.687. The van der Waals surface area contributed by atoms with Gasteiger partial charge in [-0.25, -0.2) is 0 Å². The molecule has 1 aromatic rings. The molecular weight excluding hydrogens is 228 g/mol. The molecule has 1 saturated carbocycles. The van der Waals surface area contributed by atoms with Gasteiger partial charge in [0.05, 0.1) is 0 Å². The van der Waals surface area contributed by atoms with Gasteiger partial charge in [0, 0.05) is 6.42 Å². The molecule has 2 aliphatic rings. The Kier molecular flexibility index (Phi) is 2.58. The van der Waals surface area contributed by atoms with E-state index in [-0.39, 0.29) is 17.8 Å². The second-order valence-corrected chi connectivity index (χ2v) is 5.68. The van der Waals surface area contributed by atoms with Crippen LogP contribution in [0.3, 0.4) is 0 Å². The van der Waals surface area contributed by atoms with E-state index in [1.165, 1.54) is 17.5 Å². The molecule has 0 radical (unpaired) electrons. The summed E-state index contributed by atoms with van der Waals surface area (Å²) in [5.74, 6) is -0.103. The van der Waals surface area contributed by atoms with Crippen LogP contribution >= 0.6 is 0 Å². The van der Waals surface area contributed by atoms with Gasteiger partial charge in [-0.3, -0.25) is 4.79 Å². The van der Waals surface area contributed by atoms with E-state index < -0.39 is 5.97 Å². The molecule has 0 aromatic heterocycles. The van der Waals surface area contributed by atoms with Crippen LogP contribution in [-0.2, 0) is 16.6 Å². The zero-order chi connectivity index (χ0) is 12.8. The normalized spacial score (nSPS) is 24.3. The minimum absolute atomic E-state index is 0.0830. The first kappa shape index (κ1) is 11.6. The van der Waals surface area contributed by atoms with Gasteiger partial charge in [-0.15, -0.1) is 0 Å². The number of carboxylic acids is 1. The van der Waals surface area contributed by atoms with Crippen LogP contribution in [0.2, 0.25) is 0 Å². The Bertz CT molecular complexity index is 489. The lowest BCUT2D eigenvalue weighted by atomic mass is 9.52. The van der Waals surface area contributed by atoms with Gasteiger partial charge in [0.2, 0.25) is 0 Å². The molecule has 3 nitrogen and oxygen atoms in total. The van der Waals surface area contributed by atoms with Crippen molar-refractivity contribution >= 4 is 5.97 Å². The van der Waals surface area contributed by atoms with E-state index >= 15 is 0 Å². The summed E-state index contributed by atoms with van der Waals surface area (Å²) in [7, 11) is 0. The van der Waals surface area contributed by atoms with Crippen LogP contribution < -0.4 is 0 Å². The lowest BCUT2D eigenvalue weighted by Crippen LogP contribution is -2.46. The smallest absolute Gasteiger partial charge is 0.303 e. The van der Waals surface area contributed by atoms with E-state index in [0.29, 0.717) is 5.75 Å². The number of hydrogen-bond donors (Lipinski definition) is 2. The Morgan fingerprint density at radius 2 is 2.17 bits per heavy atom. The molecule has 2 N–H and O–H groups in total. The molecule has 1 atom stereocenters. The molecule has 1 fully saturated rings. The van der Waals surface area contributed by atoms with Gasteiger partial charge in [-0.1, -0.05) is 12.5 Å². The third-order valence-electron chi connectivity index (χ3n) is 4.84. The van der Waals surface area contributed by atoms with E-state index in [1.807, 2.05) is 12.1 Å². The molecule has 1 spiro atoms. The fraction of sp³-hybridized carbons (Fsp3) is 0.533. The lowest BCUT2D eigenvalue weighted by molar-refractivity contribution is -0.139. The van der Waals surface area contributed by atoms with Crippen molar-refractivity contribution in [2.24, 2.45) is 5.92 Å². The second-order valence-electron chi connectivity index (χ2n) is 5.68. The standard InChI is InChI=1S/C15H18O3/c16-12-4-5-13-10(8-12)2-3-11(9-14(17)18)15(13)6-1-7-15/h4-5,8,11,16H,1-3,6-7,9H2,(H,17,18). The molecule has 2 aliphatic carbocycles. The first-order chi connectivity index (χ1) is 8.62. The van der Waals surface area contributed by atoms with Crippen molar-refractivity contribution in [3.05, 3.63) is 29.3 Å². The van der Waals surface area contributed by atoms with Gasteiger partial charge in [0.15, 0.2) is 0 Å². The Morgan fingerprint density at radius 1 is 1.39 bits per heavy atom. The monoisotopic (exact) mass is 246 g/mol. The van der Waals surface area contributed by atoms with Crippen molar-refractivity contribution in [2.45, 2.75) is 43.9 Å². The van der Waals surface area contributed by atoms with Crippen LogP contribution in [0, 0.1) is 5.92 Å².